The number of benzene rings is 2. The molecule has 100 valence electrons. The first-order valence-corrected chi connectivity index (χ1v) is 6.62. The van der Waals surface area contributed by atoms with Crippen molar-refractivity contribution in [2.24, 2.45) is 5.73 Å². The van der Waals surface area contributed by atoms with Gasteiger partial charge in [0.15, 0.2) is 0 Å². The maximum atomic E-state index is 13.6. The fourth-order valence-corrected chi connectivity index (χ4v) is 2.43. The van der Waals surface area contributed by atoms with Crippen molar-refractivity contribution in [3.05, 3.63) is 69.5 Å². The molecule has 0 radical (unpaired) electrons. The molecule has 0 fully saturated rings. The van der Waals surface area contributed by atoms with Crippen molar-refractivity contribution in [2.75, 3.05) is 0 Å². The van der Waals surface area contributed by atoms with Crippen LogP contribution < -0.4 is 5.73 Å². The van der Waals surface area contributed by atoms with E-state index in [1.807, 2.05) is 32.0 Å². The summed E-state index contributed by atoms with van der Waals surface area (Å²) in [4.78, 5) is 0. The predicted octanol–water partition coefficient (Wildman–Crippen LogP) is 4.34. The van der Waals surface area contributed by atoms with E-state index in [0.717, 1.165) is 21.7 Å². The van der Waals surface area contributed by atoms with Gasteiger partial charge in [0, 0.05) is 11.1 Å². The highest BCUT2D eigenvalue weighted by Crippen LogP contribution is 2.26. The van der Waals surface area contributed by atoms with Gasteiger partial charge in [-0.3, -0.25) is 0 Å². The Labute approximate surface area is 118 Å². The number of halogens is 2. The number of rotatable bonds is 3. The third kappa shape index (κ3) is 3.14. The molecule has 2 aromatic carbocycles. The van der Waals surface area contributed by atoms with Crippen LogP contribution in [-0.2, 0) is 6.42 Å². The second-order valence-electron chi connectivity index (χ2n) is 4.86. The van der Waals surface area contributed by atoms with Gasteiger partial charge >= 0.3 is 0 Å². The van der Waals surface area contributed by atoms with Gasteiger partial charge in [-0.1, -0.05) is 35.9 Å². The van der Waals surface area contributed by atoms with Crippen LogP contribution in [0.15, 0.2) is 36.4 Å². The standard InChI is InChI=1S/C16H17ClFN/c1-10-8-14(17)11(2)7-13(10)16(19)9-12-5-3-4-6-15(12)18/h3-8,16H,9,19H2,1-2H3. The number of nitrogens with two attached hydrogens (primary N) is 1. The smallest absolute Gasteiger partial charge is 0.126 e. The molecule has 2 N–H and O–H groups in total. The highest BCUT2D eigenvalue weighted by molar-refractivity contribution is 6.31. The molecular weight excluding hydrogens is 261 g/mol. The molecule has 0 aliphatic heterocycles. The molecule has 3 heteroatoms. The maximum Gasteiger partial charge on any atom is 0.126 e. The molecule has 0 heterocycles. The first-order valence-electron chi connectivity index (χ1n) is 6.24. The Balaban J connectivity index is 2.28. The lowest BCUT2D eigenvalue weighted by molar-refractivity contribution is 0.592. The summed E-state index contributed by atoms with van der Waals surface area (Å²) in [5.41, 5.74) is 9.90. The van der Waals surface area contributed by atoms with E-state index in [1.54, 1.807) is 12.1 Å². The van der Waals surface area contributed by atoms with Crippen LogP contribution in [0.3, 0.4) is 0 Å². The Hall–Kier alpha value is -1.38. The van der Waals surface area contributed by atoms with Crippen molar-refractivity contribution in [1.29, 1.82) is 0 Å². The lowest BCUT2D eigenvalue weighted by Crippen LogP contribution is -2.15. The molecule has 1 nitrogen and oxygen atoms in total. The highest BCUT2D eigenvalue weighted by atomic mass is 35.5. The number of aryl methyl sites for hydroxylation is 2. The van der Waals surface area contributed by atoms with Crippen molar-refractivity contribution >= 4 is 11.6 Å². The molecular formula is C16H17ClFN. The van der Waals surface area contributed by atoms with Crippen molar-refractivity contribution in [3.8, 4) is 0 Å². The van der Waals surface area contributed by atoms with E-state index in [1.165, 1.54) is 6.07 Å². The topological polar surface area (TPSA) is 26.0 Å². The van der Waals surface area contributed by atoms with Gasteiger partial charge in [-0.05, 0) is 54.7 Å². The van der Waals surface area contributed by atoms with Crippen LogP contribution in [0.1, 0.15) is 28.3 Å². The molecule has 0 saturated heterocycles. The molecule has 1 atom stereocenters. The van der Waals surface area contributed by atoms with E-state index in [9.17, 15) is 4.39 Å². The Bertz CT molecular complexity index is 595. The third-order valence-corrected chi connectivity index (χ3v) is 3.75. The zero-order valence-corrected chi connectivity index (χ0v) is 11.8. The van der Waals surface area contributed by atoms with Crippen molar-refractivity contribution in [1.82, 2.24) is 0 Å². The van der Waals surface area contributed by atoms with Gasteiger partial charge in [0.05, 0.1) is 0 Å². The minimum atomic E-state index is -0.229. The largest absolute Gasteiger partial charge is 0.324 e. The van der Waals surface area contributed by atoms with Crippen LogP contribution in [-0.4, -0.2) is 0 Å². The van der Waals surface area contributed by atoms with Gasteiger partial charge in [-0.2, -0.15) is 0 Å². The van der Waals surface area contributed by atoms with Crippen LogP contribution in [0.4, 0.5) is 4.39 Å². The van der Waals surface area contributed by atoms with E-state index >= 15 is 0 Å². The third-order valence-electron chi connectivity index (χ3n) is 3.34. The summed E-state index contributed by atoms with van der Waals surface area (Å²) in [6, 6.07) is 10.4. The van der Waals surface area contributed by atoms with E-state index in [2.05, 4.69) is 0 Å². The van der Waals surface area contributed by atoms with E-state index < -0.39 is 0 Å². The molecule has 0 spiro atoms. The minimum absolute atomic E-state index is 0.207. The van der Waals surface area contributed by atoms with E-state index in [-0.39, 0.29) is 11.9 Å². The van der Waals surface area contributed by atoms with Crippen molar-refractivity contribution in [3.63, 3.8) is 0 Å². The quantitative estimate of drug-likeness (QED) is 0.887. The highest BCUT2D eigenvalue weighted by Gasteiger charge is 2.13. The molecule has 0 aromatic heterocycles. The zero-order chi connectivity index (χ0) is 14.0. The summed E-state index contributed by atoms with van der Waals surface area (Å²) in [7, 11) is 0. The molecule has 2 aromatic rings. The lowest BCUT2D eigenvalue weighted by Gasteiger charge is -2.17. The van der Waals surface area contributed by atoms with Gasteiger partial charge in [0.2, 0.25) is 0 Å². The molecule has 19 heavy (non-hydrogen) atoms. The Morgan fingerprint density at radius 2 is 1.84 bits per heavy atom. The minimum Gasteiger partial charge on any atom is -0.324 e. The molecule has 1 unspecified atom stereocenters. The van der Waals surface area contributed by atoms with Gasteiger partial charge < -0.3 is 5.73 Å². The summed E-state index contributed by atoms with van der Waals surface area (Å²) in [5, 5.41) is 0.736. The Morgan fingerprint density at radius 1 is 1.16 bits per heavy atom. The summed E-state index contributed by atoms with van der Waals surface area (Å²) in [5.74, 6) is -0.207. The normalized spacial score (nSPS) is 12.5. The lowest BCUT2D eigenvalue weighted by atomic mass is 9.94. The monoisotopic (exact) mass is 277 g/mol. The van der Waals surface area contributed by atoms with Crippen LogP contribution in [0, 0.1) is 19.7 Å². The van der Waals surface area contributed by atoms with E-state index in [4.69, 9.17) is 17.3 Å². The number of hydrogen-bond acceptors (Lipinski definition) is 1. The van der Waals surface area contributed by atoms with Gasteiger partial charge in [0.1, 0.15) is 5.82 Å². The molecule has 0 aliphatic rings. The fourth-order valence-electron chi connectivity index (χ4n) is 2.21. The van der Waals surface area contributed by atoms with Gasteiger partial charge in [-0.15, -0.1) is 0 Å². The maximum absolute atomic E-state index is 13.6. The van der Waals surface area contributed by atoms with Crippen molar-refractivity contribution in [2.45, 2.75) is 26.3 Å². The SMILES string of the molecule is Cc1cc(C(N)Cc2ccccc2F)c(C)cc1Cl. The molecule has 0 aliphatic carbocycles. The summed E-state index contributed by atoms with van der Waals surface area (Å²) in [6.07, 6.45) is 0.481. The van der Waals surface area contributed by atoms with Crippen molar-refractivity contribution < 1.29 is 4.39 Å². The van der Waals surface area contributed by atoms with Crippen LogP contribution in [0.2, 0.25) is 5.02 Å². The first kappa shape index (κ1) is 14.0. The molecule has 0 saturated carbocycles. The first-order chi connectivity index (χ1) is 8.99. The van der Waals surface area contributed by atoms with Crippen LogP contribution in [0.25, 0.3) is 0 Å². The van der Waals surface area contributed by atoms with Gasteiger partial charge in [-0.25, -0.2) is 4.39 Å². The molecule has 0 bridgehead atoms. The van der Waals surface area contributed by atoms with Gasteiger partial charge in [0.25, 0.3) is 0 Å². The molecule has 0 amide bonds. The zero-order valence-electron chi connectivity index (χ0n) is 11.1. The predicted molar refractivity (Wildman–Crippen MR) is 78.0 cm³/mol. The number of hydrogen-bond donors (Lipinski definition) is 1. The summed E-state index contributed by atoms with van der Waals surface area (Å²) in [6.45, 7) is 3.92. The average Bonchev–Trinajstić information content (AvgIpc) is 2.36. The van der Waals surface area contributed by atoms with Crippen LogP contribution >= 0.6 is 11.6 Å². The molecule has 2 rings (SSSR count). The average molecular weight is 278 g/mol. The Kier molecular flexibility index (Phi) is 4.23. The fraction of sp³-hybridized carbons (Fsp3) is 0.250. The van der Waals surface area contributed by atoms with E-state index in [0.29, 0.717) is 12.0 Å². The summed E-state index contributed by atoms with van der Waals surface area (Å²) < 4.78 is 13.6. The van der Waals surface area contributed by atoms with Crippen LogP contribution in [0.5, 0.6) is 0 Å². The summed E-state index contributed by atoms with van der Waals surface area (Å²) >= 11 is 6.08. The second kappa shape index (κ2) is 5.72. The Morgan fingerprint density at radius 3 is 2.53 bits per heavy atom. The second-order valence-corrected chi connectivity index (χ2v) is 5.27.